The molecule has 0 unspecified atom stereocenters. The van der Waals surface area contributed by atoms with Crippen LogP contribution >= 0.6 is 0 Å². The van der Waals surface area contributed by atoms with Crippen molar-refractivity contribution in [1.82, 2.24) is 14.7 Å². The van der Waals surface area contributed by atoms with E-state index < -0.39 is 0 Å². The number of fused-ring (bicyclic) bond motifs is 1. The molecule has 34 heavy (non-hydrogen) atoms. The van der Waals surface area contributed by atoms with Crippen LogP contribution in [0.5, 0.6) is 0 Å². The molecule has 2 heterocycles. The highest BCUT2D eigenvalue weighted by molar-refractivity contribution is 5.77. The highest BCUT2D eigenvalue weighted by Crippen LogP contribution is 2.43. The first-order chi connectivity index (χ1) is 16.5. The largest absolute Gasteiger partial charge is 0.466 e. The monoisotopic (exact) mass is 467 g/mol. The number of carbonyl (C=O) groups excluding carboxylic acids is 2. The molecule has 2 fully saturated rings. The summed E-state index contributed by atoms with van der Waals surface area (Å²) in [5.41, 5.74) is 4.68. The van der Waals surface area contributed by atoms with Crippen molar-refractivity contribution in [2.75, 3.05) is 13.2 Å². The van der Waals surface area contributed by atoms with Crippen molar-refractivity contribution in [3.05, 3.63) is 52.6 Å². The normalized spacial score (nSPS) is 22.4. The molecule has 1 aromatic carbocycles. The smallest absolute Gasteiger partial charge is 0.308 e. The molecule has 3 aliphatic rings. The minimum atomic E-state index is -0.238. The molecule has 5 rings (SSSR count). The van der Waals surface area contributed by atoms with Gasteiger partial charge in [-0.3, -0.25) is 14.3 Å². The second-order valence-corrected chi connectivity index (χ2v) is 10.1. The number of nitrogens with zero attached hydrogens (tertiary/aromatic N) is 3. The summed E-state index contributed by atoms with van der Waals surface area (Å²) in [6, 6.07) is 6.58. The fourth-order valence-corrected chi connectivity index (χ4v) is 5.54. The van der Waals surface area contributed by atoms with E-state index in [1.807, 2.05) is 16.5 Å². The van der Waals surface area contributed by atoms with Gasteiger partial charge in [0, 0.05) is 24.4 Å². The molecule has 0 bridgehead atoms. The first-order valence-electron chi connectivity index (χ1n) is 12.8. The van der Waals surface area contributed by atoms with Crippen molar-refractivity contribution < 1.29 is 18.7 Å². The van der Waals surface area contributed by atoms with Crippen LogP contribution in [-0.4, -0.2) is 39.7 Å². The van der Waals surface area contributed by atoms with E-state index in [0.717, 1.165) is 49.9 Å². The molecule has 2 aromatic rings. The van der Waals surface area contributed by atoms with Crippen LogP contribution in [-0.2, 0) is 33.8 Å². The van der Waals surface area contributed by atoms with Crippen molar-refractivity contribution in [1.29, 1.82) is 0 Å². The molecule has 1 aliphatic heterocycles. The Morgan fingerprint density at radius 2 is 1.82 bits per heavy atom. The zero-order valence-electron chi connectivity index (χ0n) is 20.0. The molecule has 6 nitrogen and oxygen atoms in total. The van der Waals surface area contributed by atoms with Gasteiger partial charge < -0.3 is 9.64 Å². The molecule has 0 atom stereocenters. The number of rotatable bonds is 7. The third-order valence-electron chi connectivity index (χ3n) is 7.66. The standard InChI is InChI=1S/C27H34FN3O3/c1-2-34-27(33)21-7-3-18(4-8-21)15-25(32)30-14-13-23-24(17-30)31(29-26(23)20-9-10-20)16-19-5-11-22(28)12-6-19/h5-6,11-12,18,20-21H,2-4,7-10,13-17H2,1H3/t18-,21-. The van der Waals surface area contributed by atoms with Gasteiger partial charge in [0.2, 0.25) is 5.91 Å². The van der Waals surface area contributed by atoms with Gasteiger partial charge in [0.15, 0.2) is 0 Å². The van der Waals surface area contributed by atoms with Gasteiger partial charge in [0.05, 0.1) is 37.0 Å². The molecular weight excluding hydrogens is 433 g/mol. The topological polar surface area (TPSA) is 64.4 Å². The van der Waals surface area contributed by atoms with Crippen LogP contribution in [0, 0.1) is 17.7 Å². The van der Waals surface area contributed by atoms with Gasteiger partial charge >= 0.3 is 5.97 Å². The van der Waals surface area contributed by atoms with Crippen LogP contribution in [0.3, 0.4) is 0 Å². The lowest BCUT2D eigenvalue weighted by atomic mass is 9.80. The Hall–Kier alpha value is -2.70. The molecule has 0 saturated heterocycles. The minimum Gasteiger partial charge on any atom is -0.466 e. The number of amides is 1. The predicted molar refractivity (Wildman–Crippen MR) is 126 cm³/mol. The zero-order chi connectivity index (χ0) is 23.7. The fourth-order valence-electron chi connectivity index (χ4n) is 5.54. The van der Waals surface area contributed by atoms with Crippen molar-refractivity contribution in [3.63, 3.8) is 0 Å². The van der Waals surface area contributed by atoms with Crippen LogP contribution < -0.4 is 0 Å². The Morgan fingerprint density at radius 1 is 1.09 bits per heavy atom. The highest BCUT2D eigenvalue weighted by atomic mass is 19.1. The lowest BCUT2D eigenvalue weighted by Gasteiger charge is -2.31. The first kappa shape index (κ1) is 23.1. The maximum atomic E-state index is 13.4. The molecular formula is C27H34FN3O3. The van der Waals surface area contributed by atoms with E-state index in [1.54, 1.807) is 12.1 Å². The fraction of sp³-hybridized carbons (Fsp3) is 0.593. The Morgan fingerprint density at radius 3 is 2.50 bits per heavy atom. The summed E-state index contributed by atoms with van der Waals surface area (Å²) in [5, 5.41) is 4.96. The SMILES string of the molecule is CCOC(=O)[C@H]1CC[C@H](CC(=O)N2CCc3c(C4CC4)nn(Cc4ccc(F)cc4)c3C2)CC1. The molecule has 182 valence electrons. The summed E-state index contributed by atoms with van der Waals surface area (Å²) in [4.78, 5) is 27.2. The average Bonchev–Trinajstić information content (AvgIpc) is 3.63. The van der Waals surface area contributed by atoms with E-state index in [2.05, 4.69) is 0 Å². The van der Waals surface area contributed by atoms with Crippen molar-refractivity contribution in [2.24, 2.45) is 11.8 Å². The van der Waals surface area contributed by atoms with Crippen LogP contribution in [0.15, 0.2) is 24.3 Å². The third kappa shape index (κ3) is 5.03. The summed E-state index contributed by atoms with van der Waals surface area (Å²) < 4.78 is 20.6. The van der Waals surface area contributed by atoms with Crippen LogP contribution in [0.4, 0.5) is 4.39 Å². The summed E-state index contributed by atoms with van der Waals surface area (Å²) in [6.45, 7) is 4.19. The molecule has 2 aliphatic carbocycles. The van der Waals surface area contributed by atoms with Gasteiger partial charge in [-0.25, -0.2) is 4.39 Å². The molecule has 2 saturated carbocycles. The number of halogens is 1. The lowest BCUT2D eigenvalue weighted by molar-refractivity contribution is -0.149. The molecule has 1 aromatic heterocycles. The number of hydrogen-bond acceptors (Lipinski definition) is 4. The zero-order valence-corrected chi connectivity index (χ0v) is 20.0. The van der Waals surface area contributed by atoms with Gasteiger partial charge in [-0.2, -0.15) is 5.10 Å². The molecule has 0 radical (unpaired) electrons. The average molecular weight is 468 g/mol. The number of ether oxygens (including phenoxy) is 1. The maximum Gasteiger partial charge on any atom is 0.308 e. The summed E-state index contributed by atoms with van der Waals surface area (Å²) in [7, 11) is 0. The third-order valence-corrected chi connectivity index (χ3v) is 7.66. The Labute approximate surface area is 200 Å². The number of benzene rings is 1. The van der Waals surface area contributed by atoms with E-state index in [1.165, 1.54) is 36.2 Å². The van der Waals surface area contributed by atoms with Crippen LogP contribution in [0.1, 0.15) is 80.3 Å². The van der Waals surface area contributed by atoms with E-state index in [-0.39, 0.29) is 23.6 Å². The number of hydrogen-bond donors (Lipinski definition) is 0. The Kier molecular flexibility index (Phi) is 6.70. The molecule has 0 N–H and O–H groups in total. The van der Waals surface area contributed by atoms with E-state index >= 15 is 0 Å². The molecule has 1 amide bonds. The highest BCUT2D eigenvalue weighted by Gasteiger charge is 2.35. The Bertz CT molecular complexity index is 1040. The van der Waals surface area contributed by atoms with Gasteiger partial charge in [0.25, 0.3) is 0 Å². The van der Waals surface area contributed by atoms with Crippen LogP contribution in [0.25, 0.3) is 0 Å². The second kappa shape index (κ2) is 9.88. The lowest BCUT2D eigenvalue weighted by Crippen LogP contribution is -2.38. The minimum absolute atomic E-state index is 0.00879. The van der Waals surface area contributed by atoms with E-state index in [9.17, 15) is 14.0 Å². The number of esters is 1. The second-order valence-electron chi connectivity index (χ2n) is 10.1. The van der Waals surface area contributed by atoms with Gasteiger partial charge in [-0.05, 0) is 75.5 Å². The Balaban J connectivity index is 1.24. The van der Waals surface area contributed by atoms with Gasteiger partial charge in [-0.1, -0.05) is 12.1 Å². The van der Waals surface area contributed by atoms with Crippen molar-refractivity contribution in [3.8, 4) is 0 Å². The summed E-state index contributed by atoms with van der Waals surface area (Å²) >= 11 is 0. The summed E-state index contributed by atoms with van der Waals surface area (Å²) in [5.74, 6) is 0.763. The molecule has 0 spiro atoms. The van der Waals surface area contributed by atoms with Gasteiger partial charge in [0.1, 0.15) is 5.82 Å². The van der Waals surface area contributed by atoms with Crippen LogP contribution in [0.2, 0.25) is 0 Å². The van der Waals surface area contributed by atoms with Crippen molar-refractivity contribution >= 4 is 11.9 Å². The van der Waals surface area contributed by atoms with E-state index in [0.29, 0.717) is 38.0 Å². The quantitative estimate of drug-likeness (QED) is 0.559. The first-order valence-corrected chi connectivity index (χ1v) is 12.8. The van der Waals surface area contributed by atoms with Gasteiger partial charge in [-0.15, -0.1) is 0 Å². The summed E-state index contributed by atoms with van der Waals surface area (Å²) in [6.07, 6.45) is 7.23. The number of aromatic nitrogens is 2. The maximum absolute atomic E-state index is 13.4. The molecule has 7 heteroatoms. The van der Waals surface area contributed by atoms with E-state index in [4.69, 9.17) is 9.84 Å². The predicted octanol–water partition coefficient (Wildman–Crippen LogP) is 4.59. The van der Waals surface area contributed by atoms with Crippen molar-refractivity contribution in [2.45, 2.75) is 77.3 Å². The number of carbonyl (C=O) groups is 2.